The highest BCUT2D eigenvalue weighted by Gasteiger charge is 2.37. The third kappa shape index (κ3) is 5.92. The van der Waals surface area contributed by atoms with Crippen LogP contribution in [-0.4, -0.2) is 40.9 Å². The fourth-order valence-electron chi connectivity index (χ4n) is 5.50. The van der Waals surface area contributed by atoms with E-state index in [1.807, 2.05) is 11.0 Å². The Hall–Kier alpha value is -3.88. The van der Waals surface area contributed by atoms with E-state index >= 15 is 0 Å². The molecule has 2 aromatic heterocycles. The quantitative estimate of drug-likeness (QED) is 0.430. The second kappa shape index (κ2) is 11.1. The number of amides is 1. The number of halogens is 3. The Bertz CT molecular complexity index is 1420. The van der Waals surface area contributed by atoms with Gasteiger partial charge in [-0.1, -0.05) is 18.9 Å². The fraction of sp³-hybridized carbons (Fsp3) is 0.367. The van der Waals surface area contributed by atoms with E-state index in [4.69, 9.17) is 0 Å². The van der Waals surface area contributed by atoms with E-state index in [0.717, 1.165) is 36.8 Å². The minimum atomic E-state index is -4.51. The second-order valence-electron chi connectivity index (χ2n) is 10.2. The van der Waals surface area contributed by atoms with Crippen LogP contribution < -0.4 is 10.5 Å². The van der Waals surface area contributed by atoms with Gasteiger partial charge in [0.25, 0.3) is 0 Å². The van der Waals surface area contributed by atoms with Crippen molar-refractivity contribution in [3.63, 3.8) is 0 Å². The van der Waals surface area contributed by atoms with Crippen molar-refractivity contribution >= 4 is 17.2 Å². The molecule has 1 aromatic carbocycles. The number of alkyl halides is 3. The van der Waals surface area contributed by atoms with Gasteiger partial charge in [-0.05, 0) is 66.3 Å². The maximum Gasteiger partial charge on any atom is 0.418 e. The number of carbonyl (C=O) groups excluding carboxylic acids is 1. The highest BCUT2D eigenvalue weighted by Crippen LogP contribution is 2.43. The summed E-state index contributed by atoms with van der Waals surface area (Å²) in [5.41, 5.74) is 2.67. The lowest BCUT2D eigenvalue weighted by atomic mass is 9.84. The van der Waals surface area contributed by atoms with Gasteiger partial charge < -0.3 is 14.8 Å². The zero-order valence-electron chi connectivity index (χ0n) is 21.8. The van der Waals surface area contributed by atoms with Crippen molar-refractivity contribution in [1.29, 1.82) is 0 Å². The number of H-pyrrole nitrogens is 1. The summed E-state index contributed by atoms with van der Waals surface area (Å²) in [4.78, 5) is 34.7. The van der Waals surface area contributed by atoms with Crippen LogP contribution in [0.2, 0.25) is 0 Å². The average molecular weight is 537 g/mol. The molecule has 9 heteroatoms. The van der Waals surface area contributed by atoms with Gasteiger partial charge in [0.2, 0.25) is 11.5 Å². The van der Waals surface area contributed by atoms with Crippen LogP contribution in [0.5, 0.6) is 0 Å². The number of allylic oxidation sites excluding steroid dienone is 1. The molecule has 204 valence electrons. The molecule has 3 aromatic rings. The van der Waals surface area contributed by atoms with E-state index in [1.165, 1.54) is 17.0 Å². The monoisotopic (exact) mass is 536 g/mol. The van der Waals surface area contributed by atoms with Gasteiger partial charge in [-0.15, -0.1) is 0 Å². The van der Waals surface area contributed by atoms with Gasteiger partial charge in [0, 0.05) is 68.4 Å². The predicted octanol–water partition coefficient (Wildman–Crippen LogP) is 6.21. The molecule has 5 rings (SSSR count). The zero-order chi connectivity index (χ0) is 27.6. The van der Waals surface area contributed by atoms with Crippen molar-refractivity contribution in [2.45, 2.75) is 50.6 Å². The second-order valence-corrected chi connectivity index (χ2v) is 10.2. The molecule has 1 fully saturated rings. The van der Waals surface area contributed by atoms with Crippen LogP contribution in [-0.2, 0) is 11.0 Å². The van der Waals surface area contributed by atoms with E-state index in [0.29, 0.717) is 36.3 Å². The van der Waals surface area contributed by atoms with Crippen LogP contribution in [0.3, 0.4) is 0 Å². The van der Waals surface area contributed by atoms with E-state index in [9.17, 15) is 22.8 Å². The number of anilines is 1. The molecule has 6 nitrogen and oxygen atoms in total. The van der Waals surface area contributed by atoms with Crippen LogP contribution in [0.1, 0.15) is 61.3 Å². The molecule has 2 aliphatic heterocycles. The van der Waals surface area contributed by atoms with Crippen LogP contribution in [0.15, 0.2) is 65.9 Å². The highest BCUT2D eigenvalue weighted by molar-refractivity contribution is 5.83. The minimum absolute atomic E-state index is 0.107. The number of aromatic amines is 1. The van der Waals surface area contributed by atoms with Gasteiger partial charge in [0.15, 0.2) is 0 Å². The number of benzene rings is 1. The molecule has 4 heterocycles. The maximum absolute atomic E-state index is 14.4. The van der Waals surface area contributed by atoms with Crippen molar-refractivity contribution in [2.75, 3.05) is 25.0 Å². The van der Waals surface area contributed by atoms with E-state index in [2.05, 4.69) is 9.97 Å². The molecule has 0 saturated carbocycles. The maximum atomic E-state index is 14.4. The Balaban J connectivity index is 1.58. The summed E-state index contributed by atoms with van der Waals surface area (Å²) in [6.45, 7) is 1.22. The normalized spacial score (nSPS) is 18.9. The molecule has 0 spiro atoms. The first kappa shape index (κ1) is 26.7. The van der Waals surface area contributed by atoms with Crippen LogP contribution >= 0.6 is 0 Å². The van der Waals surface area contributed by atoms with Crippen molar-refractivity contribution in [3.8, 4) is 11.1 Å². The number of hydrogen-bond donors (Lipinski definition) is 1. The standard InChI is InChI=1S/C30H31F3N4O2/c1-36-19-24(26-17-20(12-13-34-26)22-7-10-28(38)35-18-22)23(8-11-29(36)39)21-6-9-27(25(16-21)30(31,32)33)37-14-4-2-3-5-15-37/h6-7,9-10,12-13,16-19,23H,2-5,8,11,14-15H2,1H3,(H,35,38). The largest absolute Gasteiger partial charge is 0.418 e. The van der Waals surface area contributed by atoms with E-state index < -0.39 is 17.7 Å². The van der Waals surface area contributed by atoms with Gasteiger partial charge in [-0.2, -0.15) is 13.2 Å². The van der Waals surface area contributed by atoms with Crippen LogP contribution in [0, 0.1) is 0 Å². The molecular formula is C30H31F3N4O2. The number of hydrogen-bond acceptors (Lipinski definition) is 4. The van der Waals surface area contributed by atoms with Gasteiger partial charge >= 0.3 is 6.18 Å². The first-order chi connectivity index (χ1) is 18.7. The Morgan fingerprint density at radius 2 is 1.72 bits per heavy atom. The fourth-order valence-corrected chi connectivity index (χ4v) is 5.50. The smallest absolute Gasteiger partial charge is 0.371 e. The minimum Gasteiger partial charge on any atom is -0.371 e. The van der Waals surface area contributed by atoms with Crippen LogP contribution in [0.4, 0.5) is 18.9 Å². The summed E-state index contributed by atoms with van der Waals surface area (Å²) in [5, 5.41) is 0. The first-order valence-electron chi connectivity index (χ1n) is 13.3. The van der Waals surface area contributed by atoms with Gasteiger partial charge in [-0.25, -0.2) is 0 Å². The summed E-state index contributed by atoms with van der Waals surface area (Å²) in [5.74, 6) is -0.569. The lowest BCUT2D eigenvalue weighted by Crippen LogP contribution is -2.27. The van der Waals surface area contributed by atoms with Crippen molar-refractivity contribution in [2.24, 2.45) is 0 Å². The molecule has 0 aliphatic carbocycles. The SMILES string of the molecule is CN1C=C(c2cc(-c3ccc(=O)[nH]c3)ccn2)C(c2ccc(N3CCCCCC3)c(C(F)(F)F)c2)CCC1=O. The van der Waals surface area contributed by atoms with Gasteiger partial charge in [-0.3, -0.25) is 14.6 Å². The highest BCUT2D eigenvalue weighted by atomic mass is 19.4. The third-order valence-electron chi connectivity index (χ3n) is 7.60. The predicted molar refractivity (Wildman–Crippen MR) is 145 cm³/mol. The molecular weight excluding hydrogens is 505 g/mol. The van der Waals surface area contributed by atoms with Gasteiger partial charge in [0.1, 0.15) is 0 Å². The Labute approximate surface area is 225 Å². The van der Waals surface area contributed by atoms with Crippen molar-refractivity contribution in [1.82, 2.24) is 14.9 Å². The summed E-state index contributed by atoms with van der Waals surface area (Å²) in [6, 6.07) is 11.4. The summed E-state index contributed by atoms with van der Waals surface area (Å²) < 4.78 is 43.2. The lowest BCUT2D eigenvalue weighted by molar-refractivity contribution is -0.137. The summed E-state index contributed by atoms with van der Waals surface area (Å²) >= 11 is 0. The number of nitrogens with one attached hydrogen (secondary N) is 1. The molecule has 2 aliphatic rings. The molecule has 1 saturated heterocycles. The Kier molecular flexibility index (Phi) is 7.59. The lowest BCUT2D eigenvalue weighted by Gasteiger charge is -2.28. The van der Waals surface area contributed by atoms with E-state index in [-0.39, 0.29) is 23.6 Å². The van der Waals surface area contributed by atoms with Gasteiger partial charge in [0.05, 0.1) is 11.3 Å². The number of pyridine rings is 2. The Morgan fingerprint density at radius 3 is 2.41 bits per heavy atom. The molecule has 0 bridgehead atoms. The molecule has 39 heavy (non-hydrogen) atoms. The number of nitrogens with zero attached hydrogens (tertiary/aromatic N) is 3. The summed E-state index contributed by atoms with van der Waals surface area (Å²) in [6.07, 6.45) is 4.78. The Morgan fingerprint density at radius 1 is 0.949 bits per heavy atom. The molecule has 1 N–H and O–H groups in total. The number of aromatic nitrogens is 2. The topological polar surface area (TPSA) is 69.3 Å². The van der Waals surface area contributed by atoms with Crippen molar-refractivity contribution < 1.29 is 18.0 Å². The number of carbonyl (C=O) groups is 1. The average Bonchev–Trinajstić information content (AvgIpc) is 3.28. The molecule has 1 unspecified atom stereocenters. The summed E-state index contributed by atoms with van der Waals surface area (Å²) in [7, 11) is 1.65. The zero-order valence-corrected chi connectivity index (χ0v) is 21.8. The molecule has 0 radical (unpaired) electrons. The van der Waals surface area contributed by atoms with E-state index in [1.54, 1.807) is 49.9 Å². The van der Waals surface area contributed by atoms with Crippen LogP contribution in [0.25, 0.3) is 16.7 Å². The molecule has 1 atom stereocenters. The number of rotatable bonds is 4. The molecule has 1 amide bonds. The third-order valence-corrected chi connectivity index (χ3v) is 7.60. The van der Waals surface area contributed by atoms with Crippen molar-refractivity contribution in [3.05, 3.63) is 88.2 Å². The first-order valence-corrected chi connectivity index (χ1v) is 13.3.